The van der Waals surface area contributed by atoms with Gasteiger partial charge in [0.1, 0.15) is 0 Å². The standard InChI is InChI=1S/C10H16/c1-4-6-7-9-10(3)8-5-2/h4-7,9-10H,2,8H2,1,3H3/b6-4+,9-7+/t10-/m0/s1. The number of allylic oxidation sites excluding steroid dienone is 5. The van der Waals surface area contributed by atoms with Crippen LogP contribution in [0.1, 0.15) is 20.3 Å². The molecule has 0 nitrogen and oxygen atoms in total. The second kappa shape index (κ2) is 6.34. The molecule has 0 aromatic carbocycles. The molecule has 0 aromatic rings. The summed E-state index contributed by atoms with van der Waals surface area (Å²) in [4.78, 5) is 0. The highest BCUT2D eigenvalue weighted by molar-refractivity contribution is 5.03. The first-order valence-electron chi connectivity index (χ1n) is 3.71. The topological polar surface area (TPSA) is 0 Å². The molecule has 0 heteroatoms. The number of hydrogen-bond donors (Lipinski definition) is 0. The van der Waals surface area contributed by atoms with E-state index >= 15 is 0 Å². The first-order chi connectivity index (χ1) is 4.81. The Morgan fingerprint density at radius 1 is 1.40 bits per heavy atom. The Labute approximate surface area is 64.0 Å². The SMILES string of the molecule is C=CC[C@H](C)/C=C/C=C/C. The molecule has 0 spiro atoms. The van der Waals surface area contributed by atoms with Crippen LogP contribution in [-0.2, 0) is 0 Å². The summed E-state index contributed by atoms with van der Waals surface area (Å²) < 4.78 is 0. The maximum Gasteiger partial charge on any atom is -0.0224 e. The Bertz CT molecular complexity index is 129. The molecule has 0 unspecified atom stereocenters. The molecule has 0 radical (unpaired) electrons. The highest BCUT2D eigenvalue weighted by Crippen LogP contribution is 2.03. The van der Waals surface area contributed by atoms with Gasteiger partial charge in [-0.05, 0) is 19.3 Å². The molecule has 0 saturated carbocycles. The van der Waals surface area contributed by atoms with Crippen molar-refractivity contribution >= 4 is 0 Å². The van der Waals surface area contributed by atoms with E-state index in [9.17, 15) is 0 Å². The summed E-state index contributed by atoms with van der Waals surface area (Å²) in [5.74, 6) is 0.619. The minimum absolute atomic E-state index is 0.619. The van der Waals surface area contributed by atoms with Crippen LogP contribution in [0.15, 0.2) is 37.0 Å². The first kappa shape index (κ1) is 9.22. The molecule has 0 aliphatic rings. The highest BCUT2D eigenvalue weighted by Gasteiger charge is 1.88. The summed E-state index contributed by atoms with van der Waals surface area (Å²) in [5, 5.41) is 0. The van der Waals surface area contributed by atoms with Crippen LogP contribution < -0.4 is 0 Å². The van der Waals surface area contributed by atoms with Crippen molar-refractivity contribution < 1.29 is 0 Å². The summed E-state index contributed by atoms with van der Waals surface area (Å²) in [6.45, 7) is 7.88. The van der Waals surface area contributed by atoms with Crippen molar-refractivity contribution in [3.8, 4) is 0 Å². The van der Waals surface area contributed by atoms with Crippen LogP contribution in [0.2, 0.25) is 0 Å². The predicted octanol–water partition coefficient (Wildman–Crippen LogP) is 3.33. The molecule has 0 heterocycles. The molecule has 0 aromatic heterocycles. The molecular formula is C10H16. The summed E-state index contributed by atoms with van der Waals surface area (Å²) >= 11 is 0. The van der Waals surface area contributed by atoms with Crippen LogP contribution in [0.4, 0.5) is 0 Å². The lowest BCUT2D eigenvalue weighted by Crippen LogP contribution is -1.83. The highest BCUT2D eigenvalue weighted by atomic mass is 13.9. The van der Waals surface area contributed by atoms with Gasteiger partial charge in [-0.1, -0.05) is 37.3 Å². The Morgan fingerprint density at radius 2 is 2.10 bits per heavy atom. The molecule has 0 aliphatic carbocycles. The van der Waals surface area contributed by atoms with Crippen molar-refractivity contribution in [2.45, 2.75) is 20.3 Å². The Hall–Kier alpha value is -0.780. The van der Waals surface area contributed by atoms with E-state index in [-0.39, 0.29) is 0 Å². The maximum atomic E-state index is 3.68. The minimum Gasteiger partial charge on any atom is -0.103 e. The quantitative estimate of drug-likeness (QED) is 0.411. The average molecular weight is 136 g/mol. The summed E-state index contributed by atoms with van der Waals surface area (Å²) in [6.07, 6.45) is 11.3. The van der Waals surface area contributed by atoms with Gasteiger partial charge in [-0.15, -0.1) is 6.58 Å². The van der Waals surface area contributed by atoms with Crippen molar-refractivity contribution in [2.75, 3.05) is 0 Å². The largest absolute Gasteiger partial charge is 0.103 e. The second-order valence-electron chi connectivity index (χ2n) is 2.41. The zero-order chi connectivity index (χ0) is 7.82. The van der Waals surface area contributed by atoms with Crippen LogP contribution in [0, 0.1) is 5.92 Å². The van der Waals surface area contributed by atoms with E-state index in [0.29, 0.717) is 5.92 Å². The summed E-state index contributed by atoms with van der Waals surface area (Å²) in [5.41, 5.74) is 0. The Kier molecular flexibility index (Phi) is 5.85. The third-order valence-electron chi connectivity index (χ3n) is 1.28. The summed E-state index contributed by atoms with van der Waals surface area (Å²) in [6, 6.07) is 0. The van der Waals surface area contributed by atoms with E-state index in [4.69, 9.17) is 0 Å². The predicted molar refractivity (Wildman–Crippen MR) is 47.9 cm³/mol. The molecule has 0 amide bonds. The molecule has 0 N–H and O–H groups in total. The van der Waals surface area contributed by atoms with Crippen LogP contribution in [0.5, 0.6) is 0 Å². The zero-order valence-corrected chi connectivity index (χ0v) is 6.88. The van der Waals surface area contributed by atoms with Crippen molar-refractivity contribution in [3.63, 3.8) is 0 Å². The van der Waals surface area contributed by atoms with Crippen LogP contribution in [0.3, 0.4) is 0 Å². The second-order valence-corrected chi connectivity index (χ2v) is 2.41. The molecule has 56 valence electrons. The lowest BCUT2D eigenvalue weighted by molar-refractivity contribution is 0.745. The monoisotopic (exact) mass is 136 g/mol. The Balaban J connectivity index is 3.54. The fraction of sp³-hybridized carbons (Fsp3) is 0.400. The van der Waals surface area contributed by atoms with E-state index in [1.807, 2.05) is 25.2 Å². The van der Waals surface area contributed by atoms with E-state index in [0.717, 1.165) is 6.42 Å². The van der Waals surface area contributed by atoms with Gasteiger partial charge in [0.25, 0.3) is 0 Å². The van der Waals surface area contributed by atoms with Gasteiger partial charge >= 0.3 is 0 Å². The van der Waals surface area contributed by atoms with Gasteiger partial charge in [0.15, 0.2) is 0 Å². The minimum atomic E-state index is 0.619. The van der Waals surface area contributed by atoms with E-state index in [1.165, 1.54) is 0 Å². The third kappa shape index (κ3) is 5.36. The van der Waals surface area contributed by atoms with Gasteiger partial charge in [-0.2, -0.15) is 0 Å². The van der Waals surface area contributed by atoms with Crippen LogP contribution >= 0.6 is 0 Å². The third-order valence-corrected chi connectivity index (χ3v) is 1.28. The maximum absolute atomic E-state index is 3.68. The fourth-order valence-electron chi connectivity index (χ4n) is 0.706. The fourth-order valence-corrected chi connectivity index (χ4v) is 0.706. The van der Waals surface area contributed by atoms with Crippen LogP contribution in [-0.4, -0.2) is 0 Å². The molecule has 0 fully saturated rings. The van der Waals surface area contributed by atoms with Crippen molar-refractivity contribution in [3.05, 3.63) is 37.0 Å². The van der Waals surface area contributed by atoms with E-state index in [1.54, 1.807) is 0 Å². The number of hydrogen-bond acceptors (Lipinski definition) is 0. The van der Waals surface area contributed by atoms with E-state index in [2.05, 4.69) is 25.7 Å². The van der Waals surface area contributed by atoms with Gasteiger partial charge in [0, 0.05) is 0 Å². The van der Waals surface area contributed by atoms with Gasteiger partial charge in [-0.3, -0.25) is 0 Å². The lowest BCUT2D eigenvalue weighted by Gasteiger charge is -1.97. The molecule has 10 heavy (non-hydrogen) atoms. The molecule has 0 saturated heterocycles. The van der Waals surface area contributed by atoms with Crippen molar-refractivity contribution in [1.29, 1.82) is 0 Å². The molecule has 0 bridgehead atoms. The van der Waals surface area contributed by atoms with Crippen LogP contribution in [0.25, 0.3) is 0 Å². The Morgan fingerprint density at radius 3 is 2.60 bits per heavy atom. The molecule has 0 rings (SSSR count). The number of rotatable bonds is 4. The smallest absolute Gasteiger partial charge is 0.0224 e. The van der Waals surface area contributed by atoms with Crippen molar-refractivity contribution in [1.82, 2.24) is 0 Å². The normalized spacial score (nSPS) is 14.6. The summed E-state index contributed by atoms with van der Waals surface area (Å²) in [7, 11) is 0. The van der Waals surface area contributed by atoms with Gasteiger partial charge in [0.05, 0.1) is 0 Å². The molecular weight excluding hydrogens is 120 g/mol. The van der Waals surface area contributed by atoms with E-state index < -0.39 is 0 Å². The lowest BCUT2D eigenvalue weighted by atomic mass is 10.1. The zero-order valence-electron chi connectivity index (χ0n) is 6.88. The van der Waals surface area contributed by atoms with Gasteiger partial charge in [0.2, 0.25) is 0 Å². The van der Waals surface area contributed by atoms with Crippen molar-refractivity contribution in [2.24, 2.45) is 5.92 Å². The average Bonchev–Trinajstić information content (AvgIpc) is 1.89. The van der Waals surface area contributed by atoms with Gasteiger partial charge in [-0.25, -0.2) is 0 Å². The van der Waals surface area contributed by atoms with Gasteiger partial charge < -0.3 is 0 Å². The molecule has 0 aliphatic heterocycles. The molecule has 1 atom stereocenters. The first-order valence-corrected chi connectivity index (χ1v) is 3.71.